The first-order valence-corrected chi connectivity index (χ1v) is 6.75. The van der Waals surface area contributed by atoms with Crippen molar-refractivity contribution in [3.63, 3.8) is 0 Å². The summed E-state index contributed by atoms with van der Waals surface area (Å²) in [5, 5.41) is 4.31. The summed E-state index contributed by atoms with van der Waals surface area (Å²) in [5.74, 6) is 0.678. The molecule has 0 aliphatic heterocycles. The normalized spacial score (nSPS) is 10.5. The van der Waals surface area contributed by atoms with E-state index >= 15 is 0 Å². The van der Waals surface area contributed by atoms with Crippen molar-refractivity contribution in [2.45, 2.75) is 6.42 Å². The highest BCUT2D eigenvalue weighted by molar-refractivity contribution is 5.42. The summed E-state index contributed by atoms with van der Waals surface area (Å²) in [6.07, 6.45) is 0.594. The van der Waals surface area contributed by atoms with Crippen molar-refractivity contribution >= 4 is 5.69 Å². The Hall–Kier alpha value is -2.82. The van der Waals surface area contributed by atoms with Crippen molar-refractivity contribution in [1.82, 2.24) is 14.5 Å². The van der Waals surface area contributed by atoms with Crippen molar-refractivity contribution in [3.05, 3.63) is 82.5 Å². The fourth-order valence-electron chi connectivity index (χ4n) is 2.16. The maximum absolute atomic E-state index is 12.2. The molecule has 2 aromatic carbocycles. The zero-order chi connectivity index (χ0) is 14.7. The first kappa shape index (κ1) is 13.2. The van der Waals surface area contributed by atoms with E-state index in [1.54, 1.807) is 7.05 Å². The zero-order valence-electron chi connectivity index (χ0n) is 11.7. The van der Waals surface area contributed by atoms with Gasteiger partial charge in [0.25, 0.3) is 0 Å². The number of nitrogens with one attached hydrogen (secondary N) is 1. The maximum Gasteiger partial charge on any atom is 0.364 e. The number of hydrogen-bond donors (Lipinski definition) is 1. The van der Waals surface area contributed by atoms with Crippen molar-refractivity contribution in [2.75, 3.05) is 5.43 Å². The number of nitrogens with zero attached hydrogens (tertiary/aromatic N) is 3. The Labute approximate surface area is 122 Å². The molecule has 3 aromatic rings. The molecule has 3 rings (SSSR count). The maximum atomic E-state index is 12.2. The molecule has 0 aliphatic carbocycles. The molecule has 5 heteroatoms. The minimum atomic E-state index is -0.190. The summed E-state index contributed by atoms with van der Waals surface area (Å²) in [6.45, 7) is 0. The van der Waals surface area contributed by atoms with Gasteiger partial charge in [-0.15, -0.1) is 0 Å². The molecule has 0 aliphatic rings. The molecular formula is C16H16N4O. The van der Waals surface area contributed by atoms with Crippen LogP contribution in [-0.2, 0) is 13.5 Å². The minimum absolute atomic E-state index is 0.190. The molecule has 1 aromatic heterocycles. The zero-order valence-corrected chi connectivity index (χ0v) is 11.7. The summed E-state index contributed by atoms with van der Waals surface area (Å²) in [7, 11) is 1.65. The van der Waals surface area contributed by atoms with E-state index in [2.05, 4.69) is 10.5 Å². The van der Waals surface area contributed by atoms with Gasteiger partial charge in [0.1, 0.15) is 0 Å². The molecule has 5 nitrogen and oxygen atoms in total. The molecule has 1 heterocycles. The molecule has 21 heavy (non-hydrogen) atoms. The second kappa shape index (κ2) is 5.66. The highest BCUT2D eigenvalue weighted by Gasteiger charge is 2.11. The monoisotopic (exact) mass is 280 g/mol. The van der Waals surface area contributed by atoms with E-state index < -0.39 is 0 Å². The number of rotatable bonds is 4. The topological polar surface area (TPSA) is 51.9 Å². The minimum Gasteiger partial charge on any atom is -0.289 e. The molecular weight excluding hydrogens is 264 g/mol. The smallest absolute Gasteiger partial charge is 0.289 e. The lowest BCUT2D eigenvalue weighted by Crippen LogP contribution is -2.28. The van der Waals surface area contributed by atoms with Crippen LogP contribution in [-0.4, -0.2) is 14.5 Å². The van der Waals surface area contributed by atoms with E-state index in [-0.39, 0.29) is 5.69 Å². The van der Waals surface area contributed by atoms with Gasteiger partial charge in [0.2, 0.25) is 0 Å². The molecule has 0 atom stereocenters. The second-order valence-corrected chi connectivity index (χ2v) is 4.80. The van der Waals surface area contributed by atoms with Gasteiger partial charge < -0.3 is 0 Å². The van der Waals surface area contributed by atoms with Crippen LogP contribution in [0.5, 0.6) is 0 Å². The van der Waals surface area contributed by atoms with Crippen LogP contribution in [0.4, 0.5) is 5.69 Å². The van der Waals surface area contributed by atoms with Crippen LogP contribution in [0.25, 0.3) is 0 Å². The predicted molar refractivity (Wildman–Crippen MR) is 82.2 cm³/mol. The van der Waals surface area contributed by atoms with Gasteiger partial charge in [0.15, 0.2) is 5.82 Å². The average Bonchev–Trinajstić information content (AvgIpc) is 2.77. The lowest BCUT2D eigenvalue weighted by molar-refractivity contribution is 0.717. The van der Waals surface area contributed by atoms with E-state index in [0.29, 0.717) is 12.2 Å². The third-order valence-electron chi connectivity index (χ3n) is 3.21. The molecule has 0 radical (unpaired) electrons. The number of aryl methyl sites for hydroxylation is 1. The largest absolute Gasteiger partial charge is 0.364 e. The van der Waals surface area contributed by atoms with Crippen LogP contribution in [0, 0.1) is 0 Å². The van der Waals surface area contributed by atoms with Crippen molar-refractivity contribution in [1.29, 1.82) is 0 Å². The van der Waals surface area contributed by atoms with Crippen LogP contribution in [0.15, 0.2) is 65.5 Å². The summed E-state index contributed by atoms with van der Waals surface area (Å²) in [5.41, 5.74) is 4.87. The first-order chi connectivity index (χ1) is 10.2. The number of aromatic nitrogens is 3. The van der Waals surface area contributed by atoms with Crippen LogP contribution < -0.4 is 11.1 Å². The van der Waals surface area contributed by atoms with Gasteiger partial charge in [-0.2, -0.15) is 9.77 Å². The number of anilines is 1. The molecule has 106 valence electrons. The standard InChI is InChI=1S/C16H16N4O/c1-19-16(21)20(17-14-10-6-3-7-11-14)15(18-19)12-13-8-4-2-5-9-13/h2-11,17H,12H2,1H3. The van der Waals surface area contributed by atoms with Gasteiger partial charge in [0, 0.05) is 13.5 Å². The lowest BCUT2D eigenvalue weighted by Gasteiger charge is -2.08. The number of hydrogen-bond acceptors (Lipinski definition) is 3. The van der Waals surface area contributed by atoms with Crippen molar-refractivity contribution in [2.24, 2.45) is 7.05 Å². The van der Waals surface area contributed by atoms with Gasteiger partial charge in [0.05, 0.1) is 5.69 Å². The van der Waals surface area contributed by atoms with E-state index in [1.807, 2.05) is 60.7 Å². The van der Waals surface area contributed by atoms with Crippen LogP contribution >= 0.6 is 0 Å². The molecule has 0 bridgehead atoms. The Kier molecular flexibility index (Phi) is 3.55. The number of benzene rings is 2. The van der Waals surface area contributed by atoms with E-state index in [1.165, 1.54) is 9.36 Å². The van der Waals surface area contributed by atoms with Crippen LogP contribution in [0.1, 0.15) is 11.4 Å². The van der Waals surface area contributed by atoms with Crippen LogP contribution in [0.2, 0.25) is 0 Å². The lowest BCUT2D eigenvalue weighted by atomic mass is 10.1. The summed E-state index contributed by atoms with van der Waals surface area (Å²) >= 11 is 0. The van der Waals surface area contributed by atoms with E-state index in [9.17, 15) is 4.79 Å². The van der Waals surface area contributed by atoms with Gasteiger partial charge in [-0.05, 0) is 17.7 Å². The van der Waals surface area contributed by atoms with Gasteiger partial charge >= 0.3 is 5.69 Å². The first-order valence-electron chi connectivity index (χ1n) is 6.75. The Morgan fingerprint density at radius 3 is 2.29 bits per heavy atom. The Balaban J connectivity index is 1.94. The van der Waals surface area contributed by atoms with Gasteiger partial charge in [-0.3, -0.25) is 5.43 Å². The Bertz CT molecular complexity index is 775. The van der Waals surface area contributed by atoms with Crippen molar-refractivity contribution < 1.29 is 0 Å². The summed E-state index contributed by atoms with van der Waals surface area (Å²) in [6, 6.07) is 19.5. The third-order valence-corrected chi connectivity index (χ3v) is 3.21. The molecule has 0 spiro atoms. The molecule has 1 N–H and O–H groups in total. The van der Waals surface area contributed by atoms with Crippen LogP contribution in [0.3, 0.4) is 0 Å². The fraction of sp³-hybridized carbons (Fsp3) is 0.125. The SMILES string of the molecule is Cn1nc(Cc2ccccc2)n(Nc2ccccc2)c1=O. The Morgan fingerprint density at radius 1 is 1.00 bits per heavy atom. The molecule has 0 amide bonds. The quantitative estimate of drug-likeness (QED) is 0.795. The van der Waals surface area contributed by atoms with Gasteiger partial charge in [-0.1, -0.05) is 48.5 Å². The summed E-state index contributed by atoms with van der Waals surface area (Å²) < 4.78 is 2.83. The number of para-hydroxylation sites is 1. The second-order valence-electron chi connectivity index (χ2n) is 4.80. The summed E-state index contributed by atoms with van der Waals surface area (Å²) in [4.78, 5) is 12.2. The highest BCUT2D eigenvalue weighted by atomic mass is 16.2. The molecule has 0 saturated carbocycles. The van der Waals surface area contributed by atoms with E-state index in [0.717, 1.165) is 11.3 Å². The third kappa shape index (κ3) is 2.86. The molecule has 0 fully saturated rings. The highest BCUT2D eigenvalue weighted by Crippen LogP contribution is 2.09. The average molecular weight is 280 g/mol. The molecule has 0 saturated heterocycles. The van der Waals surface area contributed by atoms with Crippen molar-refractivity contribution in [3.8, 4) is 0 Å². The van der Waals surface area contributed by atoms with E-state index in [4.69, 9.17) is 0 Å². The van der Waals surface area contributed by atoms with Gasteiger partial charge in [-0.25, -0.2) is 9.48 Å². The molecule has 0 unspecified atom stereocenters. The fourth-order valence-corrected chi connectivity index (χ4v) is 2.16. The Morgan fingerprint density at radius 2 is 1.62 bits per heavy atom. The predicted octanol–water partition coefficient (Wildman–Crippen LogP) is 2.05.